The molecule has 2 aliphatic rings. The van der Waals surface area contributed by atoms with Gasteiger partial charge in [-0.25, -0.2) is 4.79 Å². The second kappa shape index (κ2) is 10.3. The Kier molecular flexibility index (Phi) is 7.78. The summed E-state index contributed by atoms with van der Waals surface area (Å²) in [6, 6.07) is 6.01. The maximum Gasteiger partial charge on any atom is 0.312 e. The smallest absolute Gasteiger partial charge is 0.312 e. The van der Waals surface area contributed by atoms with Crippen LogP contribution in [0, 0.1) is 0 Å². The number of carbonyl (C=O) groups excluding carboxylic acids is 2. The average Bonchev–Trinajstić information content (AvgIpc) is 2.73. The number of hydrogen-bond donors (Lipinski definition) is 3. The molecule has 6 nitrogen and oxygen atoms in total. The first kappa shape index (κ1) is 21.9. The molecule has 1 saturated heterocycles. The summed E-state index contributed by atoms with van der Waals surface area (Å²) in [4.78, 5) is 26.9. The van der Waals surface area contributed by atoms with Gasteiger partial charge in [0, 0.05) is 17.1 Å². The maximum absolute atomic E-state index is 12.8. The van der Waals surface area contributed by atoms with E-state index in [1.807, 2.05) is 12.1 Å². The minimum atomic E-state index is -0.644. The minimum Gasteiger partial charge on any atom is -0.354 e. The van der Waals surface area contributed by atoms with Gasteiger partial charge in [-0.2, -0.15) is 0 Å². The van der Waals surface area contributed by atoms with Crippen molar-refractivity contribution in [2.24, 2.45) is 5.73 Å². The van der Waals surface area contributed by atoms with E-state index in [2.05, 4.69) is 15.5 Å². The molecule has 0 aromatic heterocycles. The van der Waals surface area contributed by atoms with Crippen LogP contribution in [0.2, 0.25) is 5.02 Å². The lowest BCUT2D eigenvalue weighted by Gasteiger charge is -2.48. The van der Waals surface area contributed by atoms with Crippen LogP contribution in [0.1, 0.15) is 69.4 Å². The second-order valence-corrected chi connectivity index (χ2v) is 8.86. The van der Waals surface area contributed by atoms with Crippen molar-refractivity contribution in [3.63, 3.8) is 0 Å². The standard InChI is InChI=1S/C22H33ClN4O2/c23-18-9-7-17(8-10-18)19(26-21(24)29)15-20(28)25-16-22(11-3-1-4-12-22)27-13-5-2-6-14-27/h7-10,19H,1-6,11-16H2,(H,25,28)(H3,24,26,29)/t19-/m1/s1. The van der Waals surface area contributed by atoms with Crippen LogP contribution in [0.4, 0.5) is 4.79 Å². The number of piperidine rings is 1. The van der Waals surface area contributed by atoms with E-state index in [4.69, 9.17) is 17.3 Å². The quantitative estimate of drug-likeness (QED) is 0.627. The fourth-order valence-corrected chi connectivity index (χ4v) is 4.95. The molecule has 2 fully saturated rings. The van der Waals surface area contributed by atoms with Crippen molar-refractivity contribution in [1.29, 1.82) is 0 Å². The third-order valence-corrected chi connectivity index (χ3v) is 6.66. The van der Waals surface area contributed by atoms with E-state index >= 15 is 0 Å². The molecule has 1 aliphatic heterocycles. The molecule has 1 aromatic carbocycles. The molecule has 0 unspecified atom stereocenters. The summed E-state index contributed by atoms with van der Waals surface area (Å²) >= 11 is 5.96. The van der Waals surface area contributed by atoms with Crippen molar-refractivity contribution in [2.45, 2.75) is 69.4 Å². The van der Waals surface area contributed by atoms with Gasteiger partial charge >= 0.3 is 6.03 Å². The molecule has 0 bridgehead atoms. The number of urea groups is 1. The van der Waals surface area contributed by atoms with Gasteiger partial charge in [0.2, 0.25) is 5.91 Å². The van der Waals surface area contributed by atoms with Gasteiger partial charge in [0.15, 0.2) is 0 Å². The number of rotatable bonds is 7. The second-order valence-electron chi connectivity index (χ2n) is 8.43. The first-order valence-corrected chi connectivity index (χ1v) is 11.2. The summed E-state index contributed by atoms with van der Waals surface area (Å²) in [5.74, 6) is -0.0688. The maximum atomic E-state index is 12.8. The minimum absolute atomic E-state index is 0.0688. The topological polar surface area (TPSA) is 87.5 Å². The normalized spacial score (nSPS) is 20.6. The Bertz CT molecular complexity index is 683. The van der Waals surface area contributed by atoms with Crippen molar-refractivity contribution in [2.75, 3.05) is 19.6 Å². The molecule has 1 saturated carbocycles. The van der Waals surface area contributed by atoms with Gasteiger partial charge in [-0.15, -0.1) is 0 Å². The lowest BCUT2D eigenvalue weighted by Crippen LogP contribution is -2.58. The van der Waals surface area contributed by atoms with Crippen molar-refractivity contribution in [1.82, 2.24) is 15.5 Å². The molecular formula is C22H33ClN4O2. The van der Waals surface area contributed by atoms with Crippen LogP contribution in [0.5, 0.6) is 0 Å². The Labute approximate surface area is 178 Å². The summed E-state index contributed by atoms with van der Waals surface area (Å²) in [6.07, 6.45) is 9.98. The highest BCUT2D eigenvalue weighted by molar-refractivity contribution is 6.30. The number of benzene rings is 1. The Morgan fingerprint density at radius 3 is 2.28 bits per heavy atom. The number of nitrogens with zero attached hydrogens (tertiary/aromatic N) is 1. The Hall–Kier alpha value is -1.79. The number of nitrogens with one attached hydrogen (secondary N) is 2. The summed E-state index contributed by atoms with van der Waals surface area (Å²) in [5.41, 5.74) is 6.23. The zero-order valence-corrected chi connectivity index (χ0v) is 17.8. The van der Waals surface area contributed by atoms with E-state index < -0.39 is 12.1 Å². The van der Waals surface area contributed by atoms with Crippen molar-refractivity contribution in [3.8, 4) is 0 Å². The van der Waals surface area contributed by atoms with Crippen LogP contribution >= 0.6 is 11.6 Å². The predicted octanol–water partition coefficient (Wildman–Crippen LogP) is 3.74. The summed E-state index contributed by atoms with van der Waals surface area (Å²) in [7, 11) is 0. The van der Waals surface area contributed by atoms with E-state index in [1.165, 1.54) is 38.5 Å². The molecular weight excluding hydrogens is 388 g/mol. The molecule has 1 aromatic rings. The van der Waals surface area contributed by atoms with E-state index in [0.29, 0.717) is 11.6 Å². The number of carbonyl (C=O) groups is 2. The van der Waals surface area contributed by atoms with Crippen LogP contribution in [0.25, 0.3) is 0 Å². The van der Waals surface area contributed by atoms with E-state index in [0.717, 1.165) is 31.5 Å². The SMILES string of the molecule is NC(=O)N[C@H](CC(=O)NCC1(N2CCCCC2)CCCCC1)c1ccc(Cl)cc1. The summed E-state index contributed by atoms with van der Waals surface area (Å²) in [5, 5.41) is 6.47. The first-order chi connectivity index (χ1) is 14.0. The van der Waals surface area contributed by atoms with Gasteiger partial charge in [0.05, 0.1) is 12.5 Å². The lowest BCUT2D eigenvalue weighted by atomic mass is 9.79. The van der Waals surface area contributed by atoms with Gasteiger partial charge in [-0.3, -0.25) is 9.69 Å². The number of nitrogens with two attached hydrogens (primary N) is 1. The summed E-state index contributed by atoms with van der Waals surface area (Å²) in [6.45, 7) is 2.94. The molecule has 3 amide bonds. The fourth-order valence-electron chi connectivity index (χ4n) is 4.82. The highest BCUT2D eigenvalue weighted by atomic mass is 35.5. The van der Waals surface area contributed by atoms with E-state index in [-0.39, 0.29) is 17.9 Å². The molecule has 0 spiro atoms. The third-order valence-electron chi connectivity index (χ3n) is 6.40. The molecule has 0 radical (unpaired) electrons. The molecule has 7 heteroatoms. The van der Waals surface area contributed by atoms with Gasteiger partial charge < -0.3 is 16.4 Å². The zero-order chi connectivity index (χ0) is 20.7. The molecule has 29 heavy (non-hydrogen) atoms. The highest BCUT2D eigenvalue weighted by Gasteiger charge is 2.38. The number of amides is 3. The monoisotopic (exact) mass is 420 g/mol. The van der Waals surface area contributed by atoms with Crippen LogP contribution in [-0.2, 0) is 4.79 Å². The van der Waals surface area contributed by atoms with Crippen molar-refractivity contribution >= 4 is 23.5 Å². The third kappa shape index (κ3) is 6.09. The molecule has 1 heterocycles. The first-order valence-electron chi connectivity index (χ1n) is 10.8. The van der Waals surface area contributed by atoms with Crippen LogP contribution < -0.4 is 16.4 Å². The van der Waals surface area contributed by atoms with Gasteiger partial charge in [-0.1, -0.05) is 49.4 Å². The molecule has 1 atom stereocenters. The number of likely N-dealkylation sites (tertiary alicyclic amines) is 1. The number of primary amides is 1. The number of hydrogen-bond acceptors (Lipinski definition) is 3. The Balaban J connectivity index is 1.63. The van der Waals surface area contributed by atoms with Crippen molar-refractivity contribution < 1.29 is 9.59 Å². The van der Waals surface area contributed by atoms with Crippen molar-refractivity contribution in [3.05, 3.63) is 34.9 Å². The van der Waals surface area contributed by atoms with Gasteiger partial charge in [-0.05, 0) is 56.5 Å². The van der Waals surface area contributed by atoms with Gasteiger partial charge in [0.25, 0.3) is 0 Å². The predicted molar refractivity (Wildman–Crippen MR) is 116 cm³/mol. The molecule has 3 rings (SSSR count). The van der Waals surface area contributed by atoms with Gasteiger partial charge in [0.1, 0.15) is 0 Å². The van der Waals surface area contributed by atoms with Crippen LogP contribution in [0.15, 0.2) is 24.3 Å². The molecule has 4 N–H and O–H groups in total. The van der Waals surface area contributed by atoms with E-state index in [1.54, 1.807) is 12.1 Å². The van der Waals surface area contributed by atoms with E-state index in [9.17, 15) is 9.59 Å². The van der Waals surface area contributed by atoms with Crippen LogP contribution in [0.3, 0.4) is 0 Å². The fraction of sp³-hybridized carbons (Fsp3) is 0.636. The largest absolute Gasteiger partial charge is 0.354 e. The van der Waals surface area contributed by atoms with Crippen LogP contribution in [-0.4, -0.2) is 42.0 Å². The molecule has 160 valence electrons. The zero-order valence-electron chi connectivity index (χ0n) is 17.1. The summed E-state index contributed by atoms with van der Waals surface area (Å²) < 4.78 is 0. The Morgan fingerprint density at radius 2 is 1.66 bits per heavy atom. The highest BCUT2D eigenvalue weighted by Crippen LogP contribution is 2.35. The lowest BCUT2D eigenvalue weighted by molar-refractivity contribution is -0.122. The molecule has 1 aliphatic carbocycles. The Morgan fingerprint density at radius 1 is 1.03 bits per heavy atom. The average molecular weight is 421 g/mol. The number of halogens is 1.